The van der Waals surface area contributed by atoms with Crippen molar-refractivity contribution in [3.05, 3.63) is 64.0 Å². The van der Waals surface area contributed by atoms with E-state index in [1.54, 1.807) is 18.3 Å². The molecule has 6 nitrogen and oxygen atoms in total. The van der Waals surface area contributed by atoms with Crippen molar-refractivity contribution >= 4 is 5.69 Å². The van der Waals surface area contributed by atoms with E-state index in [-0.39, 0.29) is 5.69 Å². The molecule has 2 rings (SSSR count). The second-order valence-electron chi connectivity index (χ2n) is 3.74. The Morgan fingerprint density at radius 1 is 1.17 bits per heavy atom. The summed E-state index contributed by atoms with van der Waals surface area (Å²) in [6, 6.07) is 10.2. The molecule has 1 aromatic carbocycles. The summed E-state index contributed by atoms with van der Waals surface area (Å²) in [6.45, 7) is 1.25. The lowest BCUT2D eigenvalue weighted by Gasteiger charge is -2.03. The smallest absolute Gasteiger partial charge is 0.269 e. The quantitative estimate of drug-likeness (QED) is 0.639. The summed E-state index contributed by atoms with van der Waals surface area (Å²) in [5.41, 5.74) is 1.96. The van der Waals surface area contributed by atoms with Crippen LogP contribution in [0, 0.1) is 10.1 Å². The number of aromatic nitrogens is 2. The van der Waals surface area contributed by atoms with Crippen LogP contribution in [0.25, 0.3) is 0 Å². The van der Waals surface area contributed by atoms with Gasteiger partial charge in [0.2, 0.25) is 0 Å². The average Bonchev–Trinajstić information content (AvgIpc) is 2.40. The lowest BCUT2D eigenvalue weighted by atomic mass is 10.2. The van der Waals surface area contributed by atoms with Crippen molar-refractivity contribution in [2.24, 2.45) is 0 Å². The van der Waals surface area contributed by atoms with Crippen molar-refractivity contribution in [2.75, 3.05) is 0 Å². The van der Waals surface area contributed by atoms with E-state index >= 15 is 0 Å². The van der Waals surface area contributed by atoms with E-state index in [2.05, 4.69) is 15.5 Å². The predicted molar refractivity (Wildman–Crippen MR) is 65.7 cm³/mol. The van der Waals surface area contributed by atoms with Gasteiger partial charge in [0.05, 0.1) is 10.6 Å². The lowest BCUT2D eigenvalue weighted by molar-refractivity contribution is -0.384. The van der Waals surface area contributed by atoms with E-state index in [4.69, 9.17) is 0 Å². The summed E-state index contributed by atoms with van der Waals surface area (Å²) in [4.78, 5) is 10.1. The molecule has 1 N–H and O–H groups in total. The summed E-state index contributed by atoms with van der Waals surface area (Å²) in [5.74, 6) is 0. The van der Waals surface area contributed by atoms with Gasteiger partial charge >= 0.3 is 0 Å². The summed E-state index contributed by atoms with van der Waals surface area (Å²) in [7, 11) is 0. The highest BCUT2D eigenvalue weighted by molar-refractivity contribution is 5.32. The fourth-order valence-electron chi connectivity index (χ4n) is 1.50. The molecule has 0 unspecified atom stereocenters. The molecule has 1 heterocycles. The minimum Gasteiger partial charge on any atom is -0.307 e. The maximum Gasteiger partial charge on any atom is 0.269 e. The number of nitrogens with one attached hydrogen (secondary N) is 1. The van der Waals surface area contributed by atoms with Crippen LogP contribution < -0.4 is 5.32 Å². The van der Waals surface area contributed by atoms with E-state index in [1.165, 1.54) is 12.1 Å². The number of nitro benzene ring substituents is 1. The van der Waals surface area contributed by atoms with E-state index in [0.717, 1.165) is 11.3 Å². The molecule has 0 radical (unpaired) electrons. The Balaban J connectivity index is 1.85. The molecule has 0 amide bonds. The first-order chi connectivity index (χ1) is 8.75. The first kappa shape index (κ1) is 12.1. The van der Waals surface area contributed by atoms with Crippen LogP contribution in [0.4, 0.5) is 5.69 Å². The van der Waals surface area contributed by atoms with Gasteiger partial charge in [-0.15, -0.1) is 0 Å². The Morgan fingerprint density at radius 2 is 1.94 bits per heavy atom. The van der Waals surface area contributed by atoms with E-state index < -0.39 is 4.92 Å². The van der Waals surface area contributed by atoms with Crippen LogP contribution in [0.1, 0.15) is 11.3 Å². The van der Waals surface area contributed by atoms with Gasteiger partial charge in [-0.1, -0.05) is 12.1 Å². The van der Waals surface area contributed by atoms with Crippen LogP contribution in [0.15, 0.2) is 42.6 Å². The van der Waals surface area contributed by atoms with E-state index in [1.807, 2.05) is 12.1 Å². The van der Waals surface area contributed by atoms with Gasteiger partial charge in [0.1, 0.15) is 0 Å². The van der Waals surface area contributed by atoms with Gasteiger partial charge in [-0.25, -0.2) is 0 Å². The summed E-state index contributed by atoms with van der Waals surface area (Å²) in [5, 5.41) is 21.4. The standard InChI is InChI=1S/C12H12N4O2/c17-16(18)12-5-3-10(4-6-12)8-13-9-11-2-1-7-14-15-11/h1-7,13H,8-9H2. The highest BCUT2D eigenvalue weighted by Gasteiger charge is 2.03. The number of nitro groups is 1. The molecule has 6 heteroatoms. The van der Waals surface area contributed by atoms with Crippen molar-refractivity contribution in [2.45, 2.75) is 13.1 Å². The molecule has 0 bridgehead atoms. The summed E-state index contributed by atoms with van der Waals surface area (Å²) >= 11 is 0. The molecule has 0 saturated heterocycles. The zero-order chi connectivity index (χ0) is 12.8. The van der Waals surface area contributed by atoms with Crippen LogP contribution in [-0.4, -0.2) is 15.1 Å². The van der Waals surface area contributed by atoms with Crippen molar-refractivity contribution in [3.8, 4) is 0 Å². The molecule has 0 atom stereocenters. The van der Waals surface area contributed by atoms with Crippen molar-refractivity contribution in [1.82, 2.24) is 15.5 Å². The van der Waals surface area contributed by atoms with E-state index in [9.17, 15) is 10.1 Å². The number of hydrogen-bond donors (Lipinski definition) is 1. The molecule has 0 spiro atoms. The highest BCUT2D eigenvalue weighted by Crippen LogP contribution is 2.11. The molecule has 1 aromatic heterocycles. The van der Waals surface area contributed by atoms with Gasteiger partial charge in [-0.2, -0.15) is 10.2 Å². The van der Waals surface area contributed by atoms with Gasteiger partial charge in [-0.05, 0) is 17.7 Å². The van der Waals surface area contributed by atoms with Crippen LogP contribution in [0.3, 0.4) is 0 Å². The highest BCUT2D eigenvalue weighted by atomic mass is 16.6. The molecule has 0 fully saturated rings. The number of benzene rings is 1. The SMILES string of the molecule is O=[N+]([O-])c1ccc(CNCc2cccnn2)cc1. The summed E-state index contributed by atoms with van der Waals surface area (Å²) < 4.78 is 0. The second kappa shape index (κ2) is 5.83. The zero-order valence-electron chi connectivity index (χ0n) is 9.61. The minimum absolute atomic E-state index is 0.104. The van der Waals surface area contributed by atoms with Gasteiger partial charge in [-0.3, -0.25) is 10.1 Å². The normalized spacial score (nSPS) is 10.2. The lowest BCUT2D eigenvalue weighted by Crippen LogP contribution is -2.13. The second-order valence-corrected chi connectivity index (χ2v) is 3.74. The molecular weight excluding hydrogens is 232 g/mol. The largest absolute Gasteiger partial charge is 0.307 e. The monoisotopic (exact) mass is 244 g/mol. The Kier molecular flexibility index (Phi) is 3.93. The predicted octanol–water partition coefficient (Wildman–Crippen LogP) is 1.67. The number of hydrogen-bond acceptors (Lipinski definition) is 5. The molecule has 0 saturated carbocycles. The first-order valence-corrected chi connectivity index (χ1v) is 5.46. The summed E-state index contributed by atoms with van der Waals surface area (Å²) in [6.07, 6.45) is 1.62. The third-order valence-corrected chi connectivity index (χ3v) is 2.41. The Labute approximate surface area is 104 Å². The maximum atomic E-state index is 10.5. The molecular formula is C12H12N4O2. The Bertz CT molecular complexity index is 513. The van der Waals surface area contributed by atoms with Crippen molar-refractivity contribution < 1.29 is 4.92 Å². The third-order valence-electron chi connectivity index (χ3n) is 2.41. The van der Waals surface area contributed by atoms with Gasteiger partial charge in [0.25, 0.3) is 5.69 Å². The topological polar surface area (TPSA) is 81.0 Å². The number of non-ortho nitro benzene ring substituents is 1. The van der Waals surface area contributed by atoms with Crippen molar-refractivity contribution in [1.29, 1.82) is 0 Å². The molecule has 2 aromatic rings. The first-order valence-electron chi connectivity index (χ1n) is 5.46. The fraction of sp³-hybridized carbons (Fsp3) is 0.167. The molecule has 0 aliphatic rings. The van der Waals surface area contributed by atoms with Crippen LogP contribution >= 0.6 is 0 Å². The average molecular weight is 244 g/mol. The molecule has 92 valence electrons. The number of nitrogens with zero attached hydrogens (tertiary/aromatic N) is 3. The van der Waals surface area contributed by atoms with Gasteiger partial charge in [0.15, 0.2) is 0 Å². The van der Waals surface area contributed by atoms with Gasteiger partial charge in [0, 0.05) is 31.4 Å². The number of rotatable bonds is 5. The fourth-order valence-corrected chi connectivity index (χ4v) is 1.50. The van der Waals surface area contributed by atoms with Crippen LogP contribution in [0.5, 0.6) is 0 Å². The minimum atomic E-state index is -0.406. The van der Waals surface area contributed by atoms with Crippen molar-refractivity contribution in [3.63, 3.8) is 0 Å². The molecule has 18 heavy (non-hydrogen) atoms. The Hall–Kier alpha value is -2.34. The molecule has 0 aliphatic heterocycles. The molecule has 0 aliphatic carbocycles. The third kappa shape index (κ3) is 3.33. The van der Waals surface area contributed by atoms with Crippen LogP contribution in [0.2, 0.25) is 0 Å². The van der Waals surface area contributed by atoms with E-state index in [0.29, 0.717) is 13.1 Å². The van der Waals surface area contributed by atoms with Crippen LogP contribution in [-0.2, 0) is 13.1 Å². The van der Waals surface area contributed by atoms with Gasteiger partial charge < -0.3 is 5.32 Å². The zero-order valence-corrected chi connectivity index (χ0v) is 9.61. The Morgan fingerprint density at radius 3 is 2.56 bits per heavy atom. The maximum absolute atomic E-state index is 10.5.